The Balaban J connectivity index is 2.43. The number of rotatable bonds is 10. The molecule has 2 aromatic rings. The first-order valence-electron chi connectivity index (χ1n) is 8.96. The standard InChI is InChI=1S/C17H30N6O/c1-4-5-9-13-20-14-15(23(13)11-8-6-7-10-18)17(24-12(2)3)22-21-16(14)19/h12H,4-11,18H2,1-3H3,(H2,19,21). The van der Waals surface area contributed by atoms with Crippen molar-refractivity contribution >= 4 is 16.9 Å². The average molecular weight is 334 g/mol. The molecule has 4 N–H and O–H groups in total. The molecule has 0 atom stereocenters. The molecular formula is C17H30N6O. The van der Waals surface area contributed by atoms with Crippen molar-refractivity contribution in [1.82, 2.24) is 19.7 Å². The van der Waals surface area contributed by atoms with Gasteiger partial charge in [-0.1, -0.05) is 19.8 Å². The first-order chi connectivity index (χ1) is 11.6. The number of hydrogen-bond acceptors (Lipinski definition) is 6. The van der Waals surface area contributed by atoms with E-state index < -0.39 is 0 Å². The van der Waals surface area contributed by atoms with Gasteiger partial charge in [-0.05, 0) is 39.7 Å². The highest BCUT2D eigenvalue weighted by Gasteiger charge is 2.19. The zero-order valence-electron chi connectivity index (χ0n) is 15.1. The molecule has 0 aliphatic rings. The molecule has 2 aromatic heterocycles. The van der Waals surface area contributed by atoms with E-state index in [0.717, 1.165) is 63.0 Å². The third kappa shape index (κ3) is 4.35. The topological polar surface area (TPSA) is 105 Å². The summed E-state index contributed by atoms with van der Waals surface area (Å²) in [5, 5.41) is 8.18. The summed E-state index contributed by atoms with van der Waals surface area (Å²) in [5.41, 5.74) is 13.2. The van der Waals surface area contributed by atoms with Gasteiger partial charge in [0.05, 0.1) is 6.10 Å². The lowest BCUT2D eigenvalue weighted by molar-refractivity contribution is 0.232. The molecule has 24 heavy (non-hydrogen) atoms. The molecule has 7 nitrogen and oxygen atoms in total. The van der Waals surface area contributed by atoms with Gasteiger partial charge in [0.25, 0.3) is 5.88 Å². The number of nitrogen functional groups attached to an aromatic ring is 1. The fourth-order valence-corrected chi connectivity index (χ4v) is 2.75. The number of aryl methyl sites for hydroxylation is 2. The van der Waals surface area contributed by atoms with Crippen LogP contribution in [0.5, 0.6) is 5.88 Å². The van der Waals surface area contributed by atoms with E-state index in [1.165, 1.54) is 0 Å². The molecule has 0 radical (unpaired) electrons. The summed E-state index contributed by atoms with van der Waals surface area (Å²) in [4.78, 5) is 4.75. The Labute approximate surface area is 143 Å². The summed E-state index contributed by atoms with van der Waals surface area (Å²) < 4.78 is 8.07. The third-order valence-corrected chi connectivity index (χ3v) is 3.93. The van der Waals surface area contributed by atoms with Crippen molar-refractivity contribution in [1.29, 1.82) is 0 Å². The van der Waals surface area contributed by atoms with Crippen molar-refractivity contribution in [3.8, 4) is 5.88 Å². The minimum Gasteiger partial charge on any atom is -0.472 e. The second kappa shape index (κ2) is 8.82. The number of fused-ring (bicyclic) bond motifs is 1. The Kier molecular flexibility index (Phi) is 6.78. The molecule has 0 unspecified atom stereocenters. The van der Waals surface area contributed by atoms with Crippen molar-refractivity contribution in [3.63, 3.8) is 0 Å². The van der Waals surface area contributed by atoms with Crippen LogP contribution < -0.4 is 16.2 Å². The first kappa shape index (κ1) is 18.4. The quantitative estimate of drug-likeness (QED) is 0.647. The smallest absolute Gasteiger partial charge is 0.260 e. The van der Waals surface area contributed by atoms with E-state index in [-0.39, 0.29) is 6.10 Å². The van der Waals surface area contributed by atoms with E-state index in [4.69, 9.17) is 21.2 Å². The summed E-state index contributed by atoms with van der Waals surface area (Å²) in [6.45, 7) is 7.73. The molecule has 134 valence electrons. The van der Waals surface area contributed by atoms with Gasteiger partial charge < -0.3 is 20.8 Å². The van der Waals surface area contributed by atoms with Crippen LogP contribution in [0, 0.1) is 0 Å². The van der Waals surface area contributed by atoms with Gasteiger partial charge in [0.1, 0.15) is 16.9 Å². The Bertz CT molecular complexity index is 652. The number of hydrogen-bond donors (Lipinski definition) is 2. The molecule has 0 aliphatic heterocycles. The van der Waals surface area contributed by atoms with Crippen LogP contribution in [-0.2, 0) is 13.0 Å². The van der Waals surface area contributed by atoms with Crippen molar-refractivity contribution in [3.05, 3.63) is 5.82 Å². The van der Waals surface area contributed by atoms with Crippen molar-refractivity contribution in [2.75, 3.05) is 12.3 Å². The highest BCUT2D eigenvalue weighted by Crippen LogP contribution is 2.29. The highest BCUT2D eigenvalue weighted by molar-refractivity contribution is 5.88. The van der Waals surface area contributed by atoms with E-state index in [1.54, 1.807) is 0 Å². The predicted octanol–water partition coefficient (Wildman–Crippen LogP) is 2.67. The van der Waals surface area contributed by atoms with Crippen LogP contribution >= 0.6 is 0 Å². The first-order valence-corrected chi connectivity index (χ1v) is 8.96. The number of unbranched alkanes of at least 4 members (excludes halogenated alkanes) is 3. The van der Waals surface area contributed by atoms with Gasteiger partial charge in [0, 0.05) is 13.0 Å². The minimum atomic E-state index is 0.0193. The second-order valence-electron chi connectivity index (χ2n) is 6.39. The van der Waals surface area contributed by atoms with Crippen LogP contribution in [0.3, 0.4) is 0 Å². The van der Waals surface area contributed by atoms with Crippen LogP contribution in [-0.4, -0.2) is 32.4 Å². The van der Waals surface area contributed by atoms with Crippen molar-refractivity contribution in [2.24, 2.45) is 5.73 Å². The molecule has 0 aliphatic carbocycles. The molecule has 7 heteroatoms. The molecule has 0 spiro atoms. The van der Waals surface area contributed by atoms with Gasteiger partial charge in [-0.2, -0.15) is 0 Å². The maximum atomic E-state index is 6.02. The largest absolute Gasteiger partial charge is 0.472 e. The molecule has 0 bridgehead atoms. The van der Waals surface area contributed by atoms with E-state index in [9.17, 15) is 0 Å². The molecule has 0 saturated carbocycles. The van der Waals surface area contributed by atoms with Gasteiger partial charge in [0.2, 0.25) is 0 Å². The zero-order chi connectivity index (χ0) is 17.5. The number of nitrogens with two attached hydrogens (primary N) is 2. The number of aromatic nitrogens is 4. The monoisotopic (exact) mass is 334 g/mol. The molecule has 0 fully saturated rings. The Morgan fingerprint density at radius 3 is 2.58 bits per heavy atom. The molecule has 2 rings (SSSR count). The molecule has 2 heterocycles. The fraction of sp³-hybridized carbons (Fsp3) is 0.706. The third-order valence-electron chi connectivity index (χ3n) is 3.93. The summed E-state index contributed by atoms with van der Waals surface area (Å²) in [7, 11) is 0. The summed E-state index contributed by atoms with van der Waals surface area (Å²) in [6, 6.07) is 0. The Hall–Kier alpha value is -1.89. The normalized spacial score (nSPS) is 11.5. The summed E-state index contributed by atoms with van der Waals surface area (Å²) in [6.07, 6.45) is 6.33. The average Bonchev–Trinajstić information content (AvgIpc) is 2.91. The van der Waals surface area contributed by atoms with E-state index in [1.807, 2.05) is 13.8 Å². The number of ether oxygens (including phenoxy) is 1. The van der Waals surface area contributed by atoms with E-state index in [2.05, 4.69) is 21.7 Å². The van der Waals surface area contributed by atoms with Gasteiger partial charge in [-0.25, -0.2) is 4.98 Å². The molecule has 0 amide bonds. The fourth-order valence-electron chi connectivity index (χ4n) is 2.75. The van der Waals surface area contributed by atoms with E-state index in [0.29, 0.717) is 17.2 Å². The second-order valence-corrected chi connectivity index (χ2v) is 6.39. The van der Waals surface area contributed by atoms with Gasteiger partial charge >= 0.3 is 0 Å². The molecule has 0 aromatic carbocycles. The van der Waals surface area contributed by atoms with Gasteiger partial charge in [-0.15, -0.1) is 10.2 Å². The van der Waals surface area contributed by atoms with Crippen LogP contribution in [0.25, 0.3) is 11.0 Å². The van der Waals surface area contributed by atoms with Gasteiger partial charge in [0.15, 0.2) is 5.82 Å². The lowest BCUT2D eigenvalue weighted by Gasteiger charge is -2.13. The van der Waals surface area contributed by atoms with Crippen molar-refractivity contribution < 1.29 is 4.74 Å². The predicted molar refractivity (Wildman–Crippen MR) is 97.0 cm³/mol. The Morgan fingerprint density at radius 1 is 1.12 bits per heavy atom. The number of imidazole rings is 1. The maximum absolute atomic E-state index is 6.02. The van der Waals surface area contributed by atoms with Crippen LogP contribution in [0.1, 0.15) is 58.7 Å². The summed E-state index contributed by atoms with van der Waals surface area (Å²) >= 11 is 0. The zero-order valence-corrected chi connectivity index (χ0v) is 15.1. The Morgan fingerprint density at radius 2 is 1.92 bits per heavy atom. The maximum Gasteiger partial charge on any atom is 0.260 e. The molecular weight excluding hydrogens is 304 g/mol. The van der Waals surface area contributed by atoms with Gasteiger partial charge in [-0.3, -0.25) is 0 Å². The van der Waals surface area contributed by atoms with E-state index >= 15 is 0 Å². The lowest BCUT2D eigenvalue weighted by Crippen LogP contribution is -2.11. The van der Waals surface area contributed by atoms with Crippen LogP contribution in [0.2, 0.25) is 0 Å². The SMILES string of the molecule is CCCCc1nc2c(N)nnc(OC(C)C)c2n1CCCCCN. The number of anilines is 1. The van der Waals surface area contributed by atoms with Crippen LogP contribution in [0.15, 0.2) is 0 Å². The van der Waals surface area contributed by atoms with Crippen molar-refractivity contribution in [2.45, 2.75) is 71.9 Å². The highest BCUT2D eigenvalue weighted by atomic mass is 16.5. The van der Waals surface area contributed by atoms with Crippen LogP contribution in [0.4, 0.5) is 5.82 Å². The number of nitrogens with zero attached hydrogens (tertiary/aromatic N) is 4. The summed E-state index contributed by atoms with van der Waals surface area (Å²) in [5.74, 6) is 1.91. The minimum absolute atomic E-state index is 0.0193. The lowest BCUT2D eigenvalue weighted by atomic mass is 10.2. The molecule has 0 saturated heterocycles.